The van der Waals surface area contributed by atoms with Crippen LogP contribution in [0.5, 0.6) is 5.19 Å². The molecule has 3 aromatic rings. The predicted molar refractivity (Wildman–Crippen MR) is 131 cm³/mol. The van der Waals surface area contributed by atoms with Crippen molar-refractivity contribution in [2.45, 2.75) is 39.2 Å². The van der Waals surface area contributed by atoms with E-state index in [1.165, 1.54) is 11.1 Å². The zero-order valence-corrected chi connectivity index (χ0v) is 19.7. The summed E-state index contributed by atoms with van der Waals surface area (Å²) in [7, 11) is 0. The van der Waals surface area contributed by atoms with E-state index in [-0.39, 0.29) is 6.10 Å². The maximum Gasteiger partial charge on any atom is 0.274 e. The standard InChI is InChI=1S/C25H34N4OS/c1-18(2)30-25-27-24-22(26)15-21(16-23(24)31-25)19(3)17-29-13-11-28(12-14-29)10-9-20-7-5-4-6-8-20/h4-8,15-16,18-19H,9-14,17,26H2,1-3H3. The minimum Gasteiger partial charge on any atom is -0.467 e. The van der Waals surface area contributed by atoms with Crippen LogP contribution in [-0.2, 0) is 6.42 Å². The van der Waals surface area contributed by atoms with E-state index in [4.69, 9.17) is 10.5 Å². The summed E-state index contributed by atoms with van der Waals surface area (Å²) in [6.07, 6.45) is 1.25. The highest BCUT2D eigenvalue weighted by atomic mass is 32.1. The Morgan fingerprint density at radius 2 is 1.74 bits per heavy atom. The second-order valence-corrected chi connectivity index (χ2v) is 9.88. The first-order chi connectivity index (χ1) is 15.0. The Labute approximate surface area is 189 Å². The molecule has 1 saturated heterocycles. The SMILES string of the molecule is CC(C)Oc1nc2c(N)cc(C(C)CN3CCN(CCc4ccccc4)CC3)cc2s1. The molecule has 6 heteroatoms. The lowest BCUT2D eigenvalue weighted by molar-refractivity contribution is 0.129. The number of fused-ring (bicyclic) bond motifs is 1. The first kappa shape index (κ1) is 22.1. The number of ether oxygens (including phenoxy) is 1. The molecule has 5 nitrogen and oxygen atoms in total. The molecule has 1 unspecified atom stereocenters. The lowest BCUT2D eigenvalue weighted by atomic mass is 9.99. The number of nitrogen functional groups attached to an aromatic ring is 1. The van der Waals surface area contributed by atoms with Gasteiger partial charge in [-0.15, -0.1) is 0 Å². The second-order valence-electron chi connectivity index (χ2n) is 8.88. The van der Waals surface area contributed by atoms with Crippen molar-refractivity contribution in [2.75, 3.05) is 45.0 Å². The van der Waals surface area contributed by atoms with Crippen LogP contribution in [-0.4, -0.2) is 60.2 Å². The van der Waals surface area contributed by atoms with Gasteiger partial charge in [0.05, 0.1) is 16.5 Å². The van der Waals surface area contributed by atoms with E-state index in [0.717, 1.165) is 61.6 Å². The van der Waals surface area contributed by atoms with E-state index < -0.39 is 0 Å². The van der Waals surface area contributed by atoms with E-state index in [0.29, 0.717) is 11.1 Å². The van der Waals surface area contributed by atoms with Gasteiger partial charge in [0.2, 0.25) is 0 Å². The summed E-state index contributed by atoms with van der Waals surface area (Å²) in [4.78, 5) is 9.75. The molecule has 1 fully saturated rings. The van der Waals surface area contributed by atoms with E-state index in [1.54, 1.807) is 11.3 Å². The number of anilines is 1. The average Bonchev–Trinajstić information content (AvgIpc) is 3.16. The van der Waals surface area contributed by atoms with E-state index in [9.17, 15) is 0 Å². The third-order valence-corrected chi connectivity index (χ3v) is 6.88. The Morgan fingerprint density at radius 3 is 2.45 bits per heavy atom. The van der Waals surface area contributed by atoms with Crippen LogP contribution >= 0.6 is 11.3 Å². The fourth-order valence-electron chi connectivity index (χ4n) is 4.21. The molecule has 31 heavy (non-hydrogen) atoms. The number of nitrogens with two attached hydrogens (primary N) is 1. The molecule has 166 valence electrons. The van der Waals surface area contributed by atoms with Gasteiger partial charge in [-0.05, 0) is 49.4 Å². The Hall–Kier alpha value is -2.15. The van der Waals surface area contributed by atoms with Crippen molar-refractivity contribution in [3.63, 3.8) is 0 Å². The molecule has 2 N–H and O–H groups in total. The zero-order chi connectivity index (χ0) is 21.8. The number of piperazine rings is 1. The molecule has 1 aliphatic heterocycles. The summed E-state index contributed by atoms with van der Waals surface area (Å²) in [5, 5.41) is 0.702. The van der Waals surface area contributed by atoms with Gasteiger partial charge in [0.1, 0.15) is 5.52 Å². The van der Waals surface area contributed by atoms with Crippen LogP contribution < -0.4 is 10.5 Å². The lowest BCUT2D eigenvalue weighted by Gasteiger charge is -2.36. The van der Waals surface area contributed by atoms with Crippen molar-refractivity contribution in [1.29, 1.82) is 0 Å². The van der Waals surface area contributed by atoms with Crippen molar-refractivity contribution >= 4 is 27.2 Å². The van der Waals surface area contributed by atoms with Crippen molar-refractivity contribution in [3.05, 3.63) is 53.6 Å². The van der Waals surface area contributed by atoms with Crippen LogP contribution in [0.15, 0.2) is 42.5 Å². The Bertz CT molecular complexity index is 980. The van der Waals surface area contributed by atoms with Gasteiger partial charge in [0.25, 0.3) is 5.19 Å². The monoisotopic (exact) mass is 438 g/mol. The van der Waals surface area contributed by atoms with Gasteiger partial charge in [0.15, 0.2) is 0 Å². The highest BCUT2D eigenvalue weighted by Gasteiger charge is 2.20. The number of hydrogen-bond donors (Lipinski definition) is 1. The fourth-order valence-corrected chi connectivity index (χ4v) is 5.23. The van der Waals surface area contributed by atoms with Crippen molar-refractivity contribution in [1.82, 2.24) is 14.8 Å². The summed E-state index contributed by atoms with van der Waals surface area (Å²) < 4.78 is 6.89. The lowest BCUT2D eigenvalue weighted by Crippen LogP contribution is -2.47. The smallest absolute Gasteiger partial charge is 0.274 e. The Kier molecular flexibility index (Phi) is 7.10. The van der Waals surface area contributed by atoms with Gasteiger partial charge < -0.3 is 20.3 Å². The van der Waals surface area contributed by atoms with Crippen molar-refractivity contribution < 1.29 is 4.74 Å². The number of thiazole rings is 1. The van der Waals surface area contributed by atoms with Gasteiger partial charge in [0, 0.05) is 39.3 Å². The number of rotatable bonds is 8. The predicted octanol–water partition coefficient (Wildman–Crippen LogP) is 4.63. The molecule has 0 radical (unpaired) electrons. The van der Waals surface area contributed by atoms with Crippen LogP contribution in [0.25, 0.3) is 10.2 Å². The minimum atomic E-state index is 0.117. The normalized spacial score (nSPS) is 16.8. The molecule has 0 saturated carbocycles. The van der Waals surface area contributed by atoms with Crippen LogP contribution in [0.4, 0.5) is 5.69 Å². The molecule has 0 amide bonds. The maximum absolute atomic E-state index is 6.34. The molecule has 0 aliphatic carbocycles. The van der Waals surface area contributed by atoms with Gasteiger partial charge in [-0.25, -0.2) is 4.98 Å². The van der Waals surface area contributed by atoms with Crippen molar-refractivity contribution in [2.24, 2.45) is 0 Å². The molecule has 4 rings (SSSR count). The van der Waals surface area contributed by atoms with Gasteiger partial charge >= 0.3 is 0 Å². The molecule has 1 aromatic heterocycles. The molecule has 2 heterocycles. The first-order valence-electron chi connectivity index (χ1n) is 11.3. The van der Waals surface area contributed by atoms with Gasteiger partial charge in [-0.1, -0.05) is 48.6 Å². The second kappa shape index (κ2) is 9.98. The summed E-state index contributed by atoms with van der Waals surface area (Å²) in [6.45, 7) is 13.1. The topological polar surface area (TPSA) is 54.6 Å². The van der Waals surface area contributed by atoms with Crippen LogP contribution in [0.1, 0.15) is 37.8 Å². The van der Waals surface area contributed by atoms with E-state index in [1.807, 2.05) is 13.8 Å². The Balaban J connectivity index is 1.31. The molecule has 2 aromatic carbocycles. The van der Waals surface area contributed by atoms with Crippen LogP contribution in [0.2, 0.25) is 0 Å². The molecule has 1 aliphatic rings. The van der Waals surface area contributed by atoms with E-state index >= 15 is 0 Å². The molecular formula is C25H34N4OS. The maximum atomic E-state index is 6.34. The van der Waals surface area contributed by atoms with Gasteiger partial charge in [-0.3, -0.25) is 0 Å². The fraction of sp³-hybridized carbons (Fsp3) is 0.480. The van der Waals surface area contributed by atoms with Crippen molar-refractivity contribution in [3.8, 4) is 5.19 Å². The summed E-state index contributed by atoms with van der Waals surface area (Å²) in [5.74, 6) is 0.430. The van der Waals surface area contributed by atoms with Crippen LogP contribution in [0.3, 0.4) is 0 Å². The molecule has 0 spiro atoms. The molecule has 1 atom stereocenters. The summed E-state index contributed by atoms with van der Waals surface area (Å²) in [6, 6.07) is 15.1. The Morgan fingerprint density at radius 1 is 1.03 bits per heavy atom. The first-order valence-corrected chi connectivity index (χ1v) is 12.1. The third kappa shape index (κ3) is 5.76. The highest BCUT2D eigenvalue weighted by molar-refractivity contribution is 7.20. The summed E-state index contributed by atoms with van der Waals surface area (Å²) >= 11 is 1.59. The number of hydrogen-bond acceptors (Lipinski definition) is 6. The summed E-state index contributed by atoms with van der Waals surface area (Å²) in [5.41, 5.74) is 10.7. The van der Waals surface area contributed by atoms with Crippen LogP contribution in [0, 0.1) is 0 Å². The molecular weight excluding hydrogens is 404 g/mol. The number of aromatic nitrogens is 1. The quantitative estimate of drug-likeness (QED) is 0.520. The van der Waals surface area contributed by atoms with Gasteiger partial charge in [-0.2, -0.15) is 0 Å². The largest absolute Gasteiger partial charge is 0.467 e. The average molecular weight is 439 g/mol. The number of nitrogens with zero attached hydrogens (tertiary/aromatic N) is 3. The molecule has 0 bridgehead atoms. The zero-order valence-electron chi connectivity index (χ0n) is 18.9. The minimum absolute atomic E-state index is 0.117. The number of benzene rings is 2. The van der Waals surface area contributed by atoms with E-state index in [2.05, 4.69) is 64.2 Å². The highest BCUT2D eigenvalue weighted by Crippen LogP contribution is 2.35. The third-order valence-electron chi connectivity index (χ3n) is 5.99.